The number of carbonyl (C=O) groups excluding carboxylic acids is 2. The van der Waals surface area contributed by atoms with Gasteiger partial charge in [-0.05, 0) is 0 Å². The molecule has 0 aliphatic heterocycles. The number of hydrogen-bond donors (Lipinski definition) is 3. The average molecular weight is 498 g/mol. The first-order valence-corrected chi connectivity index (χ1v) is 11.9. The van der Waals surface area contributed by atoms with Crippen molar-refractivity contribution in [3.8, 4) is 5.75 Å². The second-order valence-electron chi connectivity index (χ2n) is 5.51. The number of phenols is 1. The molecule has 7 nitrogen and oxygen atoms in total. The van der Waals surface area contributed by atoms with E-state index in [1.807, 2.05) is 24.3 Å². The molecule has 0 saturated heterocycles. The molecule has 0 spiro atoms. The van der Waals surface area contributed by atoms with Crippen molar-refractivity contribution in [2.75, 3.05) is 5.32 Å². The average Bonchev–Trinajstić information content (AvgIpc) is 2.55. The molecule has 9 heteroatoms. The zero-order valence-electron chi connectivity index (χ0n) is 14.3. The molecule has 0 bridgehead atoms. The molecule has 2 rings (SSSR count). The predicted molar refractivity (Wildman–Crippen MR) is 104 cm³/mol. The van der Waals surface area contributed by atoms with E-state index in [4.69, 9.17) is 3.73 Å². The van der Waals surface area contributed by atoms with E-state index >= 15 is 0 Å². The van der Waals surface area contributed by atoms with Gasteiger partial charge in [-0.3, -0.25) is 0 Å². The monoisotopic (exact) mass is 497 g/mol. The topological polar surface area (TPSA) is 113 Å². The van der Waals surface area contributed by atoms with Gasteiger partial charge in [0, 0.05) is 0 Å². The number of rotatable bonds is 6. The Morgan fingerprint density at radius 1 is 1.26 bits per heavy atom. The third-order valence-electron chi connectivity index (χ3n) is 3.36. The molecule has 3 N–H and O–H groups in total. The molecule has 27 heavy (non-hydrogen) atoms. The summed E-state index contributed by atoms with van der Waals surface area (Å²) in [6.07, 6.45) is 3.02. The summed E-state index contributed by atoms with van der Waals surface area (Å²) in [6.45, 7) is 1.21. The van der Waals surface area contributed by atoms with Gasteiger partial charge in [0.25, 0.3) is 0 Å². The predicted octanol–water partition coefficient (Wildman–Crippen LogP) is 2.02. The summed E-state index contributed by atoms with van der Waals surface area (Å²) in [5.74, 6) is -1.69. The maximum atomic E-state index is 12.5. The van der Waals surface area contributed by atoms with Crippen LogP contribution in [0.15, 0.2) is 59.1 Å². The molecule has 2 aromatic rings. The van der Waals surface area contributed by atoms with Gasteiger partial charge in [0.05, 0.1) is 0 Å². The Morgan fingerprint density at radius 2 is 1.96 bits per heavy atom. The van der Waals surface area contributed by atoms with Gasteiger partial charge in [0.2, 0.25) is 0 Å². The van der Waals surface area contributed by atoms with Crippen LogP contribution in [0.2, 0.25) is 0 Å². The number of carbonyl (C=O) groups is 2. The molecule has 0 saturated carbocycles. The third-order valence-corrected chi connectivity index (χ3v) is 7.12. The molecule has 0 aliphatic rings. The summed E-state index contributed by atoms with van der Waals surface area (Å²) in [7, 11) is 0. The molecule has 1 amide bonds. The first-order chi connectivity index (χ1) is 12.7. The van der Waals surface area contributed by atoms with Gasteiger partial charge in [0.15, 0.2) is 0 Å². The number of anilines is 1. The SMILES string of the molecule is CC(=O)Nc1cc(O)ccc1[As](=O)(O)OC(=O)C=CCc1ccccc1Br. The molecule has 1 unspecified atom stereocenters. The Hall–Kier alpha value is -2.28. The fraction of sp³-hybridized carbons (Fsp3) is 0.111. The summed E-state index contributed by atoms with van der Waals surface area (Å²) in [4.78, 5) is 23.2. The van der Waals surface area contributed by atoms with Crippen molar-refractivity contribution in [1.29, 1.82) is 0 Å². The van der Waals surface area contributed by atoms with Gasteiger partial charge in [-0.25, -0.2) is 0 Å². The van der Waals surface area contributed by atoms with E-state index in [0.717, 1.165) is 28.2 Å². The van der Waals surface area contributed by atoms with Crippen molar-refractivity contribution in [1.82, 2.24) is 0 Å². The molecule has 0 fully saturated rings. The first kappa shape index (κ1) is 21.0. The van der Waals surface area contributed by atoms with Crippen molar-refractivity contribution < 1.29 is 26.3 Å². The van der Waals surface area contributed by atoms with E-state index < -0.39 is 26.0 Å². The number of hydrogen-bond acceptors (Lipinski definition) is 5. The Labute approximate surface area is 167 Å². The molecule has 0 aliphatic carbocycles. The van der Waals surface area contributed by atoms with Gasteiger partial charge in [-0.2, -0.15) is 0 Å². The number of amides is 1. The van der Waals surface area contributed by atoms with Gasteiger partial charge >= 0.3 is 167 Å². The normalized spacial score (nSPS) is 13.1. The molecule has 2 aromatic carbocycles. The first-order valence-electron chi connectivity index (χ1n) is 7.76. The van der Waals surface area contributed by atoms with Gasteiger partial charge in [-0.1, -0.05) is 0 Å². The Balaban J connectivity index is 2.12. The van der Waals surface area contributed by atoms with E-state index in [9.17, 15) is 22.5 Å². The van der Waals surface area contributed by atoms with Crippen molar-refractivity contribution in [2.45, 2.75) is 13.3 Å². The molecule has 0 aromatic heterocycles. The summed E-state index contributed by atoms with van der Waals surface area (Å²) in [6, 6.07) is 10.9. The van der Waals surface area contributed by atoms with Gasteiger partial charge in [-0.15, -0.1) is 0 Å². The van der Waals surface area contributed by atoms with Crippen LogP contribution in [0, 0.1) is 0 Å². The number of halogens is 1. The number of benzene rings is 2. The van der Waals surface area contributed by atoms with Crippen LogP contribution in [-0.4, -0.2) is 35.3 Å². The summed E-state index contributed by atoms with van der Waals surface area (Å²) in [5.41, 5.74) is 0.850. The van der Waals surface area contributed by atoms with Crippen molar-refractivity contribution >= 4 is 52.0 Å². The quantitative estimate of drug-likeness (QED) is 0.415. The minimum absolute atomic E-state index is 0.0857. The molecular weight excluding hydrogens is 481 g/mol. The van der Waals surface area contributed by atoms with E-state index in [2.05, 4.69) is 21.2 Å². The van der Waals surface area contributed by atoms with Crippen LogP contribution in [0.3, 0.4) is 0 Å². The number of allylic oxidation sites excluding steroid dienone is 1. The van der Waals surface area contributed by atoms with Crippen LogP contribution in [0.4, 0.5) is 5.69 Å². The standard InChI is InChI=1S/C18H17AsBrNO6/c1-12(22)21-17-11-14(23)9-10-15(17)19(25,26)27-18(24)8-4-6-13-5-2-3-7-16(13)20/h2-5,7-11,23H,6H2,1H3,(H,21,22)(H,25,26). The fourth-order valence-electron chi connectivity index (χ4n) is 2.21. The summed E-state index contributed by atoms with van der Waals surface area (Å²) < 4.78 is 28.1. The fourth-order valence-corrected chi connectivity index (χ4v) is 4.94. The molecule has 0 heterocycles. The summed E-state index contributed by atoms with van der Waals surface area (Å²) in [5, 5.41) is 11.8. The zero-order valence-corrected chi connectivity index (χ0v) is 17.7. The number of phenolic OH excluding ortho intramolecular Hbond substituents is 1. The molecule has 1 atom stereocenters. The second kappa shape index (κ2) is 9.08. The molecular formula is C18H17AsBrNO6. The zero-order chi connectivity index (χ0) is 20.0. The van der Waals surface area contributed by atoms with E-state index in [1.165, 1.54) is 19.1 Å². The third kappa shape index (κ3) is 6.13. The van der Waals surface area contributed by atoms with Crippen molar-refractivity contribution in [2.24, 2.45) is 0 Å². The van der Waals surface area contributed by atoms with E-state index in [1.54, 1.807) is 0 Å². The van der Waals surface area contributed by atoms with Crippen LogP contribution in [0.5, 0.6) is 5.75 Å². The second-order valence-corrected chi connectivity index (χ2v) is 9.94. The van der Waals surface area contributed by atoms with Crippen molar-refractivity contribution in [3.63, 3.8) is 0 Å². The minimum atomic E-state index is -5.30. The van der Waals surface area contributed by atoms with Crippen LogP contribution in [0.25, 0.3) is 0 Å². The Bertz CT molecular complexity index is 943. The summed E-state index contributed by atoms with van der Waals surface area (Å²) >= 11 is -1.91. The number of aromatic hydroxyl groups is 1. The van der Waals surface area contributed by atoms with Crippen molar-refractivity contribution in [3.05, 3.63) is 64.7 Å². The van der Waals surface area contributed by atoms with E-state index in [0.29, 0.717) is 6.42 Å². The Morgan fingerprint density at radius 3 is 2.63 bits per heavy atom. The molecule has 0 radical (unpaired) electrons. The van der Waals surface area contributed by atoms with Crippen LogP contribution in [0.1, 0.15) is 12.5 Å². The van der Waals surface area contributed by atoms with E-state index in [-0.39, 0.29) is 15.8 Å². The van der Waals surface area contributed by atoms with Crippen LogP contribution in [-0.2, 0) is 23.5 Å². The molecule has 142 valence electrons. The number of nitrogens with one attached hydrogen (secondary N) is 1. The van der Waals surface area contributed by atoms with Crippen LogP contribution < -0.4 is 9.67 Å². The van der Waals surface area contributed by atoms with Gasteiger partial charge in [0.1, 0.15) is 0 Å². The Kier molecular flexibility index (Phi) is 7.07. The van der Waals surface area contributed by atoms with Crippen LogP contribution >= 0.6 is 15.9 Å². The van der Waals surface area contributed by atoms with Gasteiger partial charge < -0.3 is 0 Å². The maximum absolute atomic E-state index is 12.5.